The molecular formula is C13H6ClN2O4. The van der Waals surface area contributed by atoms with Gasteiger partial charge in [-0.1, -0.05) is 16.8 Å². The van der Waals surface area contributed by atoms with Crippen molar-refractivity contribution < 1.29 is 14.6 Å². The first kappa shape index (κ1) is 12.4. The van der Waals surface area contributed by atoms with E-state index in [9.17, 15) is 15.2 Å². The highest BCUT2D eigenvalue weighted by atomic mass is 35.5. The number of nitrogens with zero attached hydrogens (tertiary/aromatic N) is 2. The summed E-state index contributed by atoms with van der Waals surface area (Å²) in [4.78, 5) is 10.1. The van der Waals surface area contributed by atoms with Crippen molar-refractivity contribution in [3.05, 3.63) is 51.5 Å². The number of non-ortho nitro benzene ring substituents is 1. The number of hydrogen-bond donors (Lipinski definition) is 0. The molecule has 0 N–H and O–H groups in total. The molecule has 0 saturated carbocycles. The number of hydrogen-bond acceptors (Lipinski definition) is 4. The predicted octanol–water partition coefficient (Wildman–Crippen LogP) is 4.20. The number of aromatic nitrogens is 1. The molecule has 6 nitrogen and oxygen atoms in total. The quantitative estimate of drug-likeness (QED) is 0.522. The van der Waals surface area contributed by atoms with Gasteiger partial charge in [-0.3, -0.25) is 15.2 Å². The van der Waals surface area contributed by atoms with E-state index in [1.165, 1.54) is 18.2 Å². The molecule has 1 radical (unpaired) electrons. The normalized spacial score (nSPS) is 10.8. The second-order valence-corrected chi connectivity index (χ2v) is 4.47. The summed E-state index contributed by atoms with van der Waals surface area (Å²) in [6, 6.07) is 8.77. The zero-order valence-electron chi connectivity index (χ0n) is 9.87. The standard InChI is InChI=1S/C13H6ClN2O4/c14-11-10(17)6-5-9-12(15-20-13(9)11)7-1-3-8(4-2-7)16(18)19/h1-6H. The zero-order valence-corrected chi connectivity index (χ0v) is 10.6. The third-order valence-corrected chi connectivity index (χ3v) is 3.25. The molecular weight excluding hydrogens is 284 g/mol. The van der Waals surface area contributed by atoms with Crippen molar-refractivity contribution in [3.63, 3.8) is 0 Å². The highest BCUT2D eigenvalue weighted by Crippen LogP contribution is 2.37. The molecule has 0 amide bonds. The Morgan fingerprint density at radius 1 is 1.15 bits per heavy atom. The lowest BCUT2D eigenvalue weighted by atomic mass is 10.1. The monoisotopic (exact) mass is 289 g/mol. The lowest BCUT2D eigenvalue weighted by Crippen LogP contribution is -1.87. The number of rotatable bonds is 2. The fourth-order valence-electron chi connectivity index (χ4n) is 1.90. The maximum atomic E-state index is 11.4. The van der Waals surface area contributed by atoms with Crippen LogP contribution in [-0.2, 0) is 5.11 Å². The Balaban J connectivity index is 2.15. The fraction of sp³-hybridized carbons (Fsp3) is 0. The van der Waals surface area contributed by atoms with E-state index in [2.05, 4.69) is 5.16 Å². The molecule has 20 heavy (non-hydrogen) atoms. The molecule has 0 fully saturated rings. The van der Waals surface area contributed by atoms with Crippen LogP contribution >= 0.6 is 11.6 Å². The third-order valence-electron chi connectivity index (χ3n) is 2.90. The van der Waals surface area contributed by atoms with Crippen LogP contribution in [0.2, 0.25) is 5.02 Å². The van der Waals surface area contributed by atoms with E-state index in [0.29, 0.717) is 16.6 Å². The summed E-state index contributed by atoms with van der Waals surface area (Å²) in [5, 5.41) is 26.5. The molecule has 7 heteroatoms. The number of nitro benzene ring substituents is 1. The van der Waals surface area contributed by atoms with Crippen LogP contribution < -0.4 is 0 Å². The van der Waals surface area contributed by atoms with E-state index in [4.69, 9.17) is 16.1 Å². The van der Waals surface area contributed by atoms with Crippen LogP contribution in [0.4, 0.5) is 5.69 Å². The Morgan fingerprint density at radius 2 is 1.85 bits per heavy atom. The van der Waals surface area contributed by atoms with Gasteiger partial charge in [-0.2, -0.15) is 0 Å². The number of nitro groups is 1. The Bertz CT molecular complexity index is 811. The van der Waals surface area contributed by atoms with E-state index >= 15 is 0 Å². The van der Waals surface area contributed by atoms with Crippen LogP contribution in [0.3, 0.4) is 0 Å². The van der Waals surface area contributed by atoms with Crippen molar-refractivity contribution in [2.45, 2.75) is 0 Å². The van der Waals surface area contributed by atoms with Gasteiger partial charge in [-0.05, 0) is 24.3 Å². The SMILES string of the molecule is [O]c1ccc2c(-c3ccc([N+](=O)[O-])cc3)noc2c1Cl. The van der Waals surface area contributed by atoms with E-state index in [-0.39, 0.29) is 22.0 Å². The lowest BCUT2D eigenvalue weighted by molar-refractivity contribution is -0.384. The minimum Gasteiger partial charge on any atom is -0.354 e. The van der Waals surface area contributed by atoms with Crippen LogP contribution in [-0.4, -0.2) is 10.1 Å². The minimum atomic E-state index is -0.481. The largest absolute Gasteiger partial charge is 0.354 e. The molecule has 1 heterocycles. The fourth-order valence-corrected chi connectivity index (χ4v) is 2.10. The molecule has 0 aliphatic carbocycles. The Labute approximate surface area is 117 Å². The predicted molar refractivity (Wildman–Crippen MR) is 71.2 cm³/mol. The third kappa shape index (κ3) is 1.86. The summed E-state index contributed by atoms with van der Waals surface area (Å²) >= 11 is 5.86. The van der Waals surface area contributed by atoms with E-state index in [0.717, 1.165) is 0 Å². The number of benzene rings is 2. The smallest absolute Gasteiger partial charge is 0.269 e. The van der Waals surface area contributed by atoms with Gasteiger partial charge in [-0.15, -0.1) is 0 Å². The summed E-state index contributed by atoms with van der Waals surface area (Å²) in [6.45, 7) is 0. The highest BCUT2D eigenvalue weighted by molar-refractivity contribution is 6.36. The molecule has 0 aliphatic heterocycles. The van der Waals surface area contributed by atoms with Crippen molar-refractivity contribution in [2.75, 3.05) is 0 Å². The second kappa shape index (κ2) is 4.50. The highest BCUT2D eigenvalue weighted by Gasteiger charge is 2.16. The summed E-state index contributed by atoms with van der Waals surface area (Å²) in [6.07, 6.45) is 0. The molecule has 0 atom stereocenters. The van der Waals surface area contributed by atoms with Crippen LogP contribution in [0.1, 0.15) is 0 Å². The van der Waals surface area contributed by atoms with Crippen molar-refractivity contribution in [1.29, 1.82) is 0 Å². The summed E-state index contributed by atoms with van der Waals surface area (Å²) in [5.41, 5.74) is 1.33. The van der Waals surface area contributed by atoms with Crippen molar-refractivity contribution in [3.8, 4) is 17.0 Å². The van der Waals surface area contributed by atoms with E-state index in [1.807, 2.05) is 0 Å². The van der Waals surface area contributed by atoms with Crippen LogP contribution in [0.5, 0.6) is 5.75 Å². The van der Waals surface area contributed by atoms with Crippen molar-refractivity contribution in [1.82, 2.24) is 5.16 Å². The Morgan fingerprint density at radius 3 is 2.50 bits per heavy atom. The van der Waals surface area contributed by atoms with Gasteiger partial charge in [0, 0.05) is 17.7 Å². The minimum absolute atomic E-state index is 0.0126. The first-order chi connectivity index (χ1) is 9.58. The number of halogens is 1. The van der Waals surface area contributed by atoms with Gasteiger partial charge in [0.15, 0.2) is 5.58 Å². The molecule has 99 valence electrons. The maximum absolute atomic E-state index is 11.4. The molecule has 0 bridgehead atoms. The Hall–Kier alpha value is -2.60. The topological polar surface area (TPSA) is 89.1 Å². The van der Waals surface area contributed by atoms with Crippen molar-refractivity contribution in [2.24, 2.45) is 0 Å². The second-order valence-electron chi connectivity index (χ2n) is 4.09. The molecule has 0 saturated heterocycles. The van der Waals surface area contributed by atoms with Gasteiger partial charge in [0.2, 0.25) is 5.75 Å². The van der Waals surface area contributed by atoms with Crippen LogP contribution in [0.25, 0.3) is 22.2 Å². The molecule has 3 aromatic rings. The van der Waals surface area contributed by atoms with Gasteiger partial charge in [-0.25, -0.2) is 0 Å². The first-order valence-electron chi connectivity index (χ1n) is 5.57. The van der Waals surface area contributed by atoms with Gasteiger partial charge in [0.1, 0.15) is 10.7 Å². The molecule has 0 unspecified atom stereocenters. The molecule has 2 aromatic carbocycles. The zero-order chi connectivity index (χ0) is 14.3. The Kier molecular flexibility index (Phi) is 2.80. The van der Waals surface area contributed by atoms with Gasteiger partial charge in [0.05, 0.1) is 10.3 Å². The van der Waals surface area contributed by atoms with Gasteiger partial charge < -0.3 is 4.52 Å². The number of fused-ring (bicyclic) bond motifs is 1. The molecule has 3 rings (SSSR count). The summed E-state index contributed by atoms with van der Waals surface area (Å²) in [5.74, 6) is -0.342. The summed E-state index contributed by atoms with van der Waals surface area (Å²) in [7, 11) is 0. The molecule has 0 aliphatic rings. The van der Waals surface area contributed by atoms with E-state index < -0.39 is 4.92 Å². The van der Waals surface area contributed by atoms with Crippen molar-refractivity contribution >= 4 is 28.3 Å². The van der Waals surface area contributed by atoms with Crippen LogP contribution in [0.15, 0.2) is 40.9 Å². The van der Waals surface area contributed by atoms with Gasteiger partial charge in [0.25, 0.3) is 5.69 Å². The average molecular weight is 290 g/mol. The maximum Gasteiger partial charge on any atom is 0.269 e. The average Bonchev–Trinajstić information content (AvgIpc) is 2.87. The first-order valence-corrected chi connectivity index (χ1v) is 5.95. The molecule has 0 spiro atoms. The van der Waals surface area contributed by atoms with E-state index in [1.54, 1.807) is 18.2 Å². The molecule has 1 aromatic heterocycles. The van der Waals surface area contributed by atoms with Gasteiger partial charge >= 0.3 is 0 Å². The summed E-state index contributed by atoms with van der Waals surface area (Å²) < 4.78 is 5.08. The van der Waals surface area contributed by atoms with Crippen LogP contribution in [0, 0.1) is 10.1 Å². The lowest BCUT2D eigenvalue weighted by Gasteiger charge is -1.97.